The number of morpholine rings is 1. The number of anilines is 2. The van der Waals surface area contributed by atoms with Crippen molar-refractivity contribution in [1.29, 1.82) is 0 Å². The standard InChI is InChI=1S/C27H27ClN4O8S/c1-2-3-10-40-26(35)20-15-18(4-6-21(20)28)29-24(33)16-31-25(34)23(41-27(31)36)14-17-13-19(32(37)38)5-7-22(17)30-8-11-39-12-9-30/h4-7,13-15H,2-3,8-12,16H2,1H3,(H,29,33)/b23-14-. The van der Waals surface area contributed by atoms with Gasteiger partial charge in [-0.05, 0) is 48.5 Å². The number of rotatable bonds is 10. The molecule has 2 aromatic rings. The molecule has 12 nitrogen and oxygen atoms in total. The molecule has 4 rings (SSSR count). The molecule has 216 valence electrons. The number of hydrogen-bond acceptors (Lipinski definition) is 10. The Morgan fingerprint density at radius 1 is 1.20 bits per heavy atom. The molecule has 0 atom stereocenters. The van der Waals surface area contributed by atoms with Crippen LogP contribution < -0.4 is 10.2 Å². The number of non-ortho nitro benzene ring substituents is 1. The minimum Gasteiger partial charge on any atom is -0.462 e. The lowest BCUT2D eigenvalue weighted by molar-refractivity contribution is -0.384. The maximum Gasteiger partial charge on any atom is 0.339 e. The number of ether oxygens (including phenoxy) is 2. The minimum absolute atomic E-state index is 0.0291. The number of thioether (sulfide) groups is 1. The van der Waals surface area contributed by atoms with Crippen LogP contribution in [0, 0.1) is 10.1 Å². The average Bonchev–Trinajstić information content (AvgIpc) is 3.21. The summed E-state index contributed by atoms with van der Waals surface area (Å²) < 4.78 is 10.6. The molecule has 3 amide bonds. The molecule has 0 unspecified atom stereocenters. The third-order valence-electron chi connectivity index (χ3n) is 6.24. The van der Waals surface area contributed by atoms with Crippen molar-refractivity contribution >= 4 is 69.5 Å². The van der Waals surface area contributed by atoms with Gasteiger partial charge in [0.2, 0.25) is 5.91 Å². The molecule has 2 saturated heterocycles. The number of benzene rings is 2. The Morgan fingerprint density at radius 3 is 2.66 bits per heavy atom. The summed E-state index contributed by atoms with van der Waals surface area (Å²) in [5, 5.41) is 13.4. The molecule has 0 aromatic heterocycles. The van der Waals surface area contributed by atoms with Gasteiger partial charge in [0, 0.05) is 42.2 Å². The average molecular weight is 603 g/mol. The van der Waals surface area contributed by atoms with Crippen LogP contribution in [0.1, 0.15) is 35.7 Å². The van der Waals surface area contributed by atoms with E-state index in [1.165, 1.54) is 36.4 Å². The van der Waals surface area contributed by atoms with Gasteiger partial charge in [-0.2, -0.15) is 0 Å². The lowest BCUT2D eigenvalue weighted by atomic mass is 10.1. The predicted molar refractivity (Wildman–Crippen MR) is 154 cm³/mol. The molecule has 0 spiro atoms. The second kappa shape index (κ2) is 13.6. The first-order valence-electron chi connectivity index (χ1n) is 12.8. The number of carbonyl (C=O) groups is 4. The Balaban J connectivity index is 1.48. The Hall–Kier alpha value is -3.94. The van der Waals surface area contributed by atoms with E-state index in [9.17, 15) is 29.3 Å². The van der Waals surface area contributed by atoms with Crippen LogP contribution in [0.3, 0.4) is 0 Å². The maximum atomic E-state index is 13.1. The number of nitrogens with zero attached hydrogens (tertiary/aromatic N) is 3. The largest absolute Gasteiger partial charge is 0.462 e. The molecule has 2 aliphatic heterocycles. The molecule has 2 heterocycles. The summed E-state index contributed by atoms with van der Waals surface area (Å²) in [6.45, 7) is 3.70. The molecule has 1 N–H and O–H groups in total. The number of nitro benzene ring substituents is 1. The molecule has 2 aliphatic rings. The lowest BCUT2D eigenvalue weighted by Gasteiger charge is -2.30. The fraction of sp³-hybridized carbons (Fsp3) is 0.333. The molecule has 0 radical (unpaired) electrons. The Labute approximate surface area is 244 Å². The van der Waals surface area contributed by atoms with Crippen molar-refractivity contribution in [2.75, 3.05) is 49.7 Å². The zero-order chi connectivity index (χ0) is 29.5. The molecule has 0 saturated carbocycles. The zero-order valence-corrected chi connectivity index (χ0v) is 23.7. The van der Waals surface area contributed by atoms with Crippen molar-refractivity contribution < 1.29 is 33.6 Å². The molecule has 0 aliphatic carbocycles. The number of nitro groups is 1. The van der Waals surface area contributed by atoms with Gasteiger partial charge in [0.05, 0.1) is 40.2 Å². The predicted octanol–water partition coefficient (Wildman–Crippen LogP) is 4.72. The number of esters is 1. The van der Waals surface area contributed by atoms with E-state index in [1.807, 2.05) is 11.8 Å². The van der Waals surface area contributed by atoms with E-state index in [1.54, 1.807) is 6.07 Å². The highest BCUT2D eigenvalue weighted by atomic mass is 35.5. The third kappa shape index (κ3) is 7.43. The second-order valence-electron chi connectivity index (χ2n) is 9.10. The Kier molecular flexibility index (Phi) is 9.97. The quantitative estimate of drug-likeness (QED) is 0.133. The lowest BCUT2D eigenvalue weighted by Crippen LogP contribution is -2.36. The molecular formula is C27H27ClN4O8S. The van der Waals surface area contributed by atoms with Crippen molar-refractivity contribution in [2.45, 2.75) is 19.8 Å². The van der Waals surface area contributed by atoms with Crippen LogP contribution in [0.5, 0.6) is 0 Å². The number of nitrogens with one attached hydrogen (secondary N) is 1. The number of hydrogen-bond donors (Lipinski definition) is 1. The highest BCUT2D eigenvalue weighted by Crippen LogP contribution is 2.35. The molecule has 0 bridgehead atoms. The van der Waals surface area contributed by atoms with Crippen LogP contribution in [0.25, 0.3) is 6.08 Å². The number of carbonyl (C=O) groups excluding carboxylic acids is 4. The number of amides is 3. The van der Waals surface area contributed by atoms with Gasteiger partial charge in [-0.3, -0.25) is 29.4 Å². The first kappa shape index (κ1) is 30.0. The fourth-order valence-corrected chi connectivity index (χ4v) is 5.16. The van der Waals surface area contributed by atoms with Gasteiger partial charge in [-0.15, -0.1) is 0 Å². The summed E-state index contributed by atoms with van der Waals surface area (Å²) in [5.41, 5.74) is 1.20. The molecule has 2 fully saturated rings. The third-order valence-corrected chi connectivity index (χ3v) is 7.47. The minimum atomic E-state index is -0.703. The summed E-state index contributed by atoms with van der Waals surface area (Å²) in [4.78, 5) is 64.5. The van der Waals surface area contributed by atoms with Gasteiger partial charge in [-0.25, -0.2) is 4.79 Å². The van der Waals surface area contributed by atoms with Gasteiger partial charge in [0.25, 0.3) is 16.8 Å². The molecule has 2 aromatic carbocycles. The SMILES string of the molecule is CCCCOC(=O)c1cc(NC(=O)CN2C(=O)S/C(=C\c3cc([N+](=O)[O-])ccc3N3CCOCC3)C2=O)ccc1Cl. The second-order valence-corrected chi connectivity index (χ2v) is 10.5. The maximum absolute atomic E-state index is 13.1. The van der Waals surface area contributed by atoms with Gasteiger partial charge in [0.1, 0.15) is 6.54 Å². The fourth-order valence-electron chi connectivity index (χ4n) is 4.13. The normalized spacial score (nSPS) is 16.3. The van der Waals surface area contributed by atoms with Gasteiger partial charge in [0.15, 0.2) is 0 Å². The van der Waals surface area contributed by atoms with Gasteiger partial charge >= 0.3 is 5.97 Å². The topological polar surface area (TPSA) is 148 Å². The van der Waals surface area contributed by atoms with E-state index >= 15 is 0 Å². The summed E-state index contributed by atoms with van der Waals surface area (Å²) in [6.07, 6.45) is 2.97. The summed E-state index contributed by atoms with van der Waals surface area (Å²) >= 11 is 6.76. The van der Waals surface area contributed by atoms with Crippen molar-refractivity contribution in [3.05, 3.63) is 67.6 Å². The van der Waals surface area contributed by atoms with Crippen LogP contribution in [-0.2, 0) is 19.1 Å². The van der Waals surface area contributed by atoms with Crippen LogP contribution in [0.4, 0.5) is 21.9 Å². The van der Waals surface area contributed by atoms with Crippen molar-refractivity contribution in [2.24, 2.45) is 0 Å². The van der Waals surface area contributed by atoms with Gasteiger partial charge < -0.3 is 19.7 Å². The molecular weight excluding hydrogens is 576 g/mol. The van der Waals surface area contributed by atoms with E-state index in [0.29, 0.717) is 55.7 Å². The zero-order valence-electron chi connectivity index (χ0n) is 22.1. The van der Waals surface area contributed by atoms with Crippen molar-refractivity contribution in [3.63, 3.8) is 0 Å². The number of unbranched alkanes of at least 4 members (excludes halogenated alkanes) is 1. The Bertz CT molecular complexity index is 1410. The highest BCUT2D eigenvalue weighted by molar-refractivity contribution is 8.18. The smallest absolute Gasteiger partial charge is 0.339 e. The van der Waals surface area contributed by atoms with Crippen molar-refractivity contribution in [3.8, 4) is 0 Å². The molecule has 14 heteroatoms. The van der Waals surface area contributed by atoms with E-state index in [0.717, 1.165) is 11.3 Å². The highest BCUT2D eigenvalue weighted by Gasteiger charge is 2.36. The summed E-state index contributed by atoms with van der Waals surface area (Å²) in [5.74, 6) is -2.01. The van der Waals surface area contributed by atoms with Gasteiger partial charge in [-0.1, -0.05) is 24.9 Å². The Morgan fingerprint density at radius 2 is 1.95 bits per heavy atom. The van der Waals surface area contributed by atoms with Crippen molar-refractivity contribution in [1.82, 2.24) is 4.90 Å². The molecule has 41 heavy (non-hydrogen) atoms. The summed E-state index contributed by atoms with van der Waals surface area (Å²) in [6, 6.07) is 8.60. The van der Waals surface area contributed by atoms with E-state index in [2.05, 4.69) is 5.32 Å². The van der Waals surface area contributed by atoms with Crippen LogP contribution in [-0.4, -0.2) is 72.3 Å². The summed E-state index contributed by atoms with van der Waals surface area (Å²) in [7, 11) is 0. The van der Waals surface area contributed by atoms with E-state index < -0.39 is 34.5 Å². The first-order chi connectivity index (χ1) is 19.7. The van der Waals surface area contributed by atoms with Crippen LogP contribution in [0.2, 0.25) is 5.02 Å². The monoisotopic (exact) mass is 602 g/mol. The van der Waals surface area contributed by atoms with E-state index in [4.69, 9.17) is 21.1 Å². The van der Waals surface area contributed by atoms with Crippen LogP contribution in [0.15, 0.2) is 41.3 Å². The van der Waals surface area contributed by atoms with Crippen LogP contribution >= 0.6 is 23.4 Å². The first-order valence-corrected chi connectivity index (χ1v) is 14.0. The van der Waals surface area contributed by atoms with E-state index in [-0.39, 0.29) is 33.5 Å². The number of imide groups is 1. The number of halogens is 1.